The monoisotopic (exact) mass is 359 g/mol. The average molecular weight is 359 g/mol. The zero-order valence-electron chi connectivity index (χ0n) is 13.0. The highest BCUT2D eigenvalue weighted by Crippen LogP contribution is 2.26. The summed E-state index contributed by atoms with van der Waals surface area (Å²) in [4.78, 5) is 16.0. The molecule has 9 heteroatoms. The SMILES string of the molecule is CC(C)CNC(=O)c1csc(Nc2ccc(OC(F)(F)F)cc2)n1. The Kier molecular flexibility index (Phi) is 5.66. The second-order valence-corrected chi connectivity index (χ2v) is 6.20. The van der Waals surface area contributed by atoms with Gasteiger partial charge in [-0.05, 0) is 30.2 Å². The number of benzene rings is 1. The van der Waals surface area contributed by atoms with Crippen LogP contribution in [0.5, 0.6) is 5.75 Å². The molecule has 0 aliphatic heterocycles. The summed E-state index contributed by atoms with van der Waals surface area (Å²) < 4.78 is 40.1. The third-order valence-electron chi connectivity index (χ3n) is 2.75. The molecule has 0 saturated heterocycles. The van der Waals surface area contributed by atoms with E-state index < -0.39 is 6.36 Å². The molecule has 130 valence electrons. The van der Waals surface area contributed by atoms with E-state index in [1.54, 1.807) is 5.38 Å². The molecule has 0 aliphatic rings. The maximum absolute atomic E-state index is 12.1. The fourth-order valence-electron chi connectivity index (χ4n) is 1.69. The van der Waals surface area contributed by atoms with E-state index in [4.69, 9.17) is 0 Å². The van der Waals surface area contributed by atoms with Crippen molar-refractivity contribution in [3.05, 3.63) is 35.3 Å². The van der Waals surface area contributed by atoms with E-state index in [1.165, 1.54) is 35.6 Å². The Morgan fingerprint density at radius 2 is 1.96 bits per heavy atom. The van der Waals surface area contributed by atoms with Gasteiger partial charge >= 0.3 is 6.36 Å². The molecule has 5 nitrogen and oxygen atoms in total. The lowest BCUT2D eigenvalue weighted by atomic mass is 10.2. The van der Waals surface area contributed by atoms with Crippen LogP contribution < -0.4 is 15.4 Å². The van der Waals surface area contributed by atoms with Crippen LogP contribution in [0.25, 0.3) is 0 Å². The first-order valence-corrected chi connectivity index (χ1v) is 7.97. The maximum atomic E-state index is 12.1. The lowest BCUT2D eigenvalue weighted by molar-refractivity contribution is -0.274. The van der Waals surface area contributed by atoms with Crippen LogP contribution in [0.15, 0.2) is 29.6 Å². The highest BCUT2D eigenvalue weighted by molar-refractivity contribution is 7.14. The first kappa shape index (κ1) is 18.1. The zero-order chi connectivity index (χ0) is 17.7. The van der Waals surface area contributed by atoms with Crippen LogP contribution >= 0.6 is 11.3 Å². The van der Waals surface area contributed by atoms with Crippen molar-refractivity contribution in [2.24, 2.45) is 5.92 Å². The minimum absolute atomic E-state index is 0.262. The van der Waals surface area contributed by atoms with E-state index >= 15 is 0 Å². The zero-order valence-corrected chi connectivity index (χ0v) is 13.8. The highest BCUT2D eigenvalue weighted by atomic mass is 32.1. The van der Waals surface area contributed by atoms with Crippen LogP contribution in [-0.2, 0) is 0 Å². The van der Waals surface area contributed by atoms with Crippen LogP contribution in [0.1, 0.15) is 24.3 Å². The average Bonchev–Trinajstić information content (AvgIpc) is 2.94. The number of alkyl halides is 3. The number of nitrogens with zero attached hydrogens (tertiary/aromatic N) is 1. The second-order valence-electron chi connectivity index (χ2n) is 5.34. The molecule has 0 spiro atoms. The van der Waals surface area contributed by atoms with Gasteiger partial charge < -0.3 is 15.4 Å². The molecule has 0 aliphatic carbocycles. The molecule has 0 fully saturated rings. The van der Waals surface area contributed by atoms with E-state index in [2.05, 4.69) is 20.4 Å². The fourth-order valence-corrected chi connectivity index (χ4v) is 2.40. The van der Waals surface area contributed by atoms with Crippen LogP contribution in [0.4, 0.5) is 24.0 Å². The Bertz CT molecular complexity index is 684. The lowest BCUT2D eigenvalue weighted by Crippen LogP contribution is -2.27. The van der Waals surface area contributed by atoms with Gasteiger partial charge in [0.1, 0.15) is 11.4 Å². The summed E-state index contributed by atoms with van der Waals surface area (Å²) in [7, 11) is 0. The molecule has 0 atom stereocenters. The number of hydrogen-bond donors (Lipinski definition) is 2. The molecule has 2 N–H and O–H groups in total. The third-order valence-corrected chi connectivity index (χ3v) is 3.50. The standard InChI is InChI=1S/C15H16F3N3O2S/c1-9(2)7-19-13(22)12-8-24-14(21-12)20-10-3-5-11(6-4-10)23-15(16,17)18/h3-6,8-9H,7H2,1-2H3,(H,19,22)(H,20,21). The summed E-state index contributed by atoms with van der Waals surface area (Å²) in [5, 5.41) is 7.76. The van der Waals surface area contributed by atoms with Crippen molar-refractivity contribution >= 4 is 28.1 Å². The van der Waals surface area contributed by atoms with Gasteiger partial charge in [0.2, 0.25) is 0 Å². The number of rotatable bonds is 6. The number of thiazole rings is 1. The third kappa shape index (κ3) is 5.73. The second kappa shape index (κ2) is 7.52. The van der Waals surface area contributed by atoms with Gasteiger partial charge in [-0.25, -0.2) is 4.98 Å². The Morgan fingerprint density at radius 3 is 2.54 bits per heavy atom. The summed E-state index contributed by atoms with van der Waals surface area (Å²) in [6.45, 7) is 4.53. The Morgan fingerprint density at radius 1 is 1.29 bits per heavy atom. The number of aromatic nitrogens is 1. The van der Waals surface area contributed by atoms with Gasteiger partial charge in [0.15, 0.2) is 5.13 Å². The van der Waals surface area contributed by atoms with Crippen LogP contribution in [0.3, 0.4) is 0 Å². The molecule has 2 aromatic rings. The predicted octanol–water partition coefficient (Wildman–Crippen LogP) is 4.17. The summed E-state index contributed by atoms with van der Waals surface area (Å²) in [5.41, 5.74) is 0.827. The van der Waals surface area contributed by atoms with Crippen molar-refractivity contribution in [2.75, 3.05) is 11.9 Å². The topological polar surface area (TPSA) is 63.2 Å². The molecule has 2 rings (SSSR count). The van der Waals surface area contributed by atoms with E-state index in [-0.39, 0.29) is 11.7 Å². The van der Waals surface area contributed by atoms with Gasteiger partial charge in [0.05, 0.1) is 0 Å². The summed E-state index contributed by atoms with van der Waals surface area (Å²) in [6, 6.07) is 5.25. The lowest BCUT2D eigenvalue weighted by Gasteiger charge is -2.09. The predicted molar refractivity (Wildman–Crippen MR) is 85.7 cm³/mol. The number of hydrogen-bond acceptors (Lipinski definition) is 5. The van der Waals surface area contributed by atoms with Crippen molar-refractivity contribution in [3.8, 4) is 5.75 Å². The Hall–Kier alpha value is -2.29. The normalized spacial score (nSPS) is 11.4. The van der Waals surface area contributed by atoms with Gasteiger partial charge in [-0.2, -0.15) is 0 Å². The molecule has 0 unspecified atom stereocenters. The Balaban J connectivity index is 1.95. The first-order valence-electron chi connectivity index (χ1n) is 7.09. The number of ether oxygens (including phenoxy) is 1. The quantitative estimate of drug-likeness (QED) is 0.813. The van der Waals surface area contributed by atoms with Gasteiger partial charge in [-0.15, -0.1) is 24.5 Å². The number of carbonyl (C=O) groups is 1. The van der Waals surface area contributed by atoms with E-state index in [9.17, 15) is 18.0 Å². The summed E-state index contributed by atoms with van der Waals surface area (Å²) in [6.07, 6.45) is -4.72. The molecule has 1 heterocycles. The highest BCUT2D eigenvalue weighted by Gasteiger charge is 2.30. The molecule has 24 heavy (non-hydrogen) atoms. The molecule has 0 radical (unpaired) electrons. The van der Waals surface area contributed by atoms with Crippen molar-refractivity contribution in [2.45, 2.75) is 20.2 Å². The molecule has 1 aromatic heterocycles. The van der Waals surface area contributed by atoms with Crippen LogP contribution in [0, 0.1) is 5.92 Å². The van der Waals surface area contributed by atoms with Gasteiger partial charge in [-0.1, -0.05) is 13.8 Å². The van der Waals surface area contributed by atoms with E-state index in [0.717, 1.165) is 0 Å². The Labute approximate surface area is 140 Å². The van der Waals surface area contributed by atoms with E-state index in [0.29, 0.717) is 29.0 Å². The van der Waals surface area contributed by atoms with Gasteiger partial charge in [0.25, 0.3) is 5.91 Å². The minimum atomic E-state index is -4.72. The van der Waals surface area contributed by atoms with Crippen molar-refractivity contribution in [3.63, 3.8) is 0 Å². The number of nitrogens with one attached hydrogen (secondary N) is 2. The van der Waals surface area contributed by atoms with Crippen molar-refractivity contribution < 1.29 is 22.7 Å². The number of amides is 1. The minimum Gasteiger partial charge on any atom is -0.406 e. The van der Waals surface area contributed by atoms with Crippen LogP contribution in [0.2, 0.25) is 0 Å². The van der Waals surface area contributed by atoms with Gasteiger partial charge in [-0.3, -0.25) is 4.79 Å². The molecule has 0 saturated carbocycles. The summed E-state index contributed by atoms with van der Waals surface area (Å²) >= 11 is 1.23. The molecule has 1 aromatic carbocycles. The van der Waals surface area contributed by atoms with Crippen LogP contribution in [-0.4, -0.2) is 23.8 Å². The number of carbonyl (C=O) groups excluding carboxylic acids is 1. The molecule has 1 amide bonds. The van der Waals surface area contributed by atoms with Crippen molar-refractivity contribution in [1.82, 2.24) is 10.3 Å². The molecular weight excluding hydrogens is 343 g/mol. The van der Waals surface area contributed by atoms with Crippen molar-refractivity contribution in [1.29, 1.82) is 0 Å². The van der Waals surface area contributed by atoms with E-state index in [1.807, 2.05) is 13.8 Å². The molecular formula is C15H16F3N3O2S. The summed E-state index contributed by atoms with van der Waals surface area (Å²) in [5.74, 6) is -0.231. The smallest absolute Gasteiger partial charge is 0.406 e. The number of halogens is 3. The fraction of sp³-hybridized carbons (Fsp3) is 0.333. The number of anilines is 2. The van der Waals surface area contributed by atoms with Gasteiger partial charge in [0, 0.05) is 17.6 Å². The maximum Gasteiger partial charge on any atom is 0.573 e. The molecule has 0 bridgehead atoms. The first-order chi connectivity index (χ1) is 11.2. The largest absolute Gasteiger partial charge is 0.573 e.